The Morgan fingerprint density at radius 3 is 2.65 bits per heavy atom. The molecule has 5 heteroatoms. The average Bonchev–Trinajstić information content (AvgIpc) is 2.77. The second-order valence-electron chi connectivity index (χ2n) is 4.39. The molecule has 0 saturated carbocycles. The van der Waals surface area contributed by atoms with Gasteiger partial charge in [-0.25, -0.2) is 0 Å². The van der Waals surface area contributed by atoms with Gasteiger partial charge in [0.15, 0.2) is 10.8 Å². The van der Waals surface area contributed by atoms with Crippen LogP contribution in [0.4, 0.5) is 10.7 Å². The van der Waals surface area contributed by atoms with Gasteiger partial charge in [0.25, 0.3) is 0 Å². The molecule has 1 aromatic heterocycles. The Hall–Kier alpha value is -1.91. The molecule has 0 bridgehead atoms. The molecule has 0 atom stereocenters. The Labute approximate surface area is 125 Å². The van der Waals surface area contributed by atoms with Crippen molar-refractivity contribution in [2.24, 2.45) is 10.2 Å². The Kier molecular flexibility index (Phi) is 3.42. The number of aromatic hydroxyl groups is 1. The normalized spacial score (nSPS) is 11.5. The molecule has 0 radical (unpaired) electrons. The number of benzene rings is 2. The maximum absolute atomic E-state index is 10.1. The number of azo groups is 1. The summed E-state index contributed by atoms with van der Waals surface area (Å²) >= 11 is 7.45. The zero-order chi connectivity index (χ0) is 14.1. The summed E-state index contributed by atoms with van der Waals surface area (Å²) in [5.74, 6) is 0.174. The van der Waals surface area contributed by atoms with E-state index in [2.05, 4.69) is 10.2 Å². The molecule has 0 aliphatic heterocycles. The number of thiophene rings is 1. The molecule has 0 unspecified atom stereocenters. The molecule has 0 saturated heterocycles. The van der Waals surface area contributed by atoms with Gasteiger partial charge in [-0.15, -0.1) is 21.6 Å². The largest absolute Gasteiger partial charge is 0.504 e. The zero-order valence-electron chi connectivity index (χ0n) is 10.7. The number of rotatable bonds is 2. The molecule has 3 nitrogen and oxygen atoms in total. The Bertz CT molecular complexity index is 811. The average molecular weight is 303 g/mol. The van der Waals surface area contributed by atoms with Crippen molar-refractivity contribution in [2.45, 2.75) is 6.92 Å². The van der Waals surface area contributed by atoms with Gasteiger partial charge < -0.3 is 5.11 Å². The van der Waals surface area contributed by atoms with Crippen molar-refractivity contribution >= 4 is 43.7 Å². The van der Waals surface area contributed by atoms with Crippen LogP contribution < -0.4 is 0 Å². The van der Waals surface area contributed by atoms with Crippen LogP contribution in [0.2, 0.25) is 5.02 Å². The summed E-state index contributed by atoms with van der Waals surface area (Å²) in [6.07, 6.45) is 0. The van der Waals surface area contributed by atoms with Crippen LogP contribution >= 0.6 is 22.9 Å². The van der Waals surface area contributed by atoms with Crippen LogP contribution in [0.3, 0.4) is 0 Å². The van der Waals surface area contributed by atoms with Gasteiger partial charge in [-0.1, -0.05) is 29.8 Å². The molecule has 100 valence electrons. The number of fused-ring (bicyclic) bond motifs is 1. The van der Waals surface area contributed by atoms with Crippen molar-refractivity contribution in [3.05, 3.63) is 53.1 Å². The van der Waals surface area contributed by atoms with Crippen molar-refractivity contribution in [3.8, 4) is 5.75 Å². The Morgan fingerprint density at radius 1 is 1.10 bits per heavy atom. The van der Waals surface area contributed by atoms with E-state index in [4.69, 9.17) is 11.6 Å². The second kappa shape index (κ2) is 5.23. The molecule has 2 aromatic carbocycles. The van der Waals surface area contributed by atoms with E-state index < -0.39 is 0 Å². The van der Waals surface area contributed by atoms with E-state index in [9.17, 15) is 5.11 Å². The van der Waals surface area contributed by atoms with E-state index in [1.807, 2.05) is 43.3 Å². The maximum atomic E-state index is 10.1. The van der Waals surface area contributed by atoms with E-state index in [1.165, 1.54) is 11.3 Å². The standard InChI is InChI=1S/C15H11ClN2OS/c1-9-6-7-10(8-12(9)16)17-18-15-14(19)11-4-2-3-5-13(11)20-15/h2-8,19H,1H3. The van der Waals surface area contributed by atoms with Gasteiger partial charge in [-0.05, 0) is 36.8 Å². The highest BCUT2D eigenvalue weighted by molar-refractivity contribution is 7.23. The van der Waals surface area contributed by atoms with E-state index in [0.29, 0.717) is 15.7 Å². The lowest BCUT2D eigenvalue weighted by atomic mass is 10.2. The summed E-state index contributed by atoms with van der Waals surface area (Å²) in [5, 5.41) is 20.3. The number of nitrogens with zero attached hydrogens (tertiary/aromatic N) is 2. The van der Waals surface area contributed by atoms with Gasteiger partial charge in [-0.2, -0.15) is 0 Å². The summed E-state index contributed by atoms with van der Waals surface area (Å²) in [7, 11) is 0. The maximum Gasteiger partial charge on any atom is 0.181 e. The summed E-state index contributed by atoms with van der Waals surface area (Å²) in [6.45, 7) is 1.93. The van der Waals surface area contributed by atoms with Crippen LogP contribution in [0.25, 0.3) is 10.1 Å². The highest BCUT2D eigenvalue weighted by atomic mass is 35.5. The van der Waals surface area contributed by atoms with Gasteiger partial charge in [0.1, 0.15) is 0 Å². The smallest absolute Gasteiger partial charge is 0.181 e. The summed E-state index contributed by atoms with van der Waals surface area (Å²) in [6, 6.07) is 13.1. The van der Waals surface area contributed by atoms with Crippen LogP contribution in [-0.2, 0) is 0 Å². The van der Waals surface area contributed by atoms with Gasteiger partial charge in [0, 0.05) is 15.1 Å². The summed E-state index contributed by atoms with van der Waals surface area (Å²) < 4.78 is 0.987. The highest BCUT2D eigenvalue weighted by Gasteiger charge is 2.09. The first kappa shape index (κ1) is 13.1. The van der Waals surface area contributed by atoms with Crippen molar-refractivity contribution < 1.29 is 5.11 Å². The fourth-order valence-corrected chi connectivity index (χ4v) is 2.93. The SMILES string of the molecule is Cc1ccc(N=Nc2sc3ccccc3c2O)cc1Cl. The Morgan fingerprint density at radius 2 is 1.90 bits per heavy atom. The predicted octanol–water partition coefficient (Wildman–Crippen LogP) is 5.98. The molecule has 0 aliphatic rings. The predicted molar refractivity (Wildman–Crippen MR) is 83.9 cm³/mol. The molecular formula is C15H11ClN2OS. The van der Waals surface area contributed by atoms with Crippen molar-refractivity contribution in [1.82, 2.24) is 0 Å². The van der Waals surface area contributed by atoms with Gasteiger partial charge in [0.2, 0.25) is 0 Å². The second-order valence-corrected chi connectivity index (χ2v) is 5.82. The molecule has 1 heterocycles. The summed E-state index contributed by atoms with van der Waals surface area (Å²) in [4.78, 5) is 0. The third-order valence-electron chi connectivity index (χ3n) is 2.96. The molecule has 0 amide bonds. The molecule has 1 N–H and O–H groups in total. The van der Waals surface area contributed by atoms with Crippen LogP contribution in [0.5, 0.6) is 5.75 Å². The number of hydrogen-bond donors (Lipinski definition) is 1. The van der Waals surface area contributed by atoms with Gasteiger partial charge in [-0.3, -0.25) is 0 Å². The van der Waals surface area contributed by atoms with E-state index in [-0.39, 0.29) is 5.75 Å². The fraction of sp³-hybridized carbons (Fsp3) is 0.0667. The van der Waals surface area contributed by atoms with Crippen molar-refractivity contribution in [1.29, 1.82) is 0 Å². The lowest BCUT2D eigenvalue weighted by molar-refractivity contribution is 0.484. The van der Waals surface area contributed by atoms with Crippen molar-refractivity contribution in [3.63, 3.8) is 0 Å². The molecule has 0 fully saturated rings. The lowest BCUT2D eigenvalue weighted by Gasteiger charge is -1.97. The third kappa shape index (κ3) is 2.40. The van der Waals surface area contributed by atoms with Gasteiger partial charge in [0.05, 0.1) is 5.69 Å². The van der Waals surface area contributed by atoms with E-state index >= 15 is 0 Å². The van der Waals surface area contributed by atoms with Gasteiger partial charge >= 0.3 is 0 Å². The van der Waals surface area contributed by atoms with E-state index in [0.717, 1.165) is 15.6 Å². The fourth-order valence-electron chi connectivity index (χ4n) is 1.83. The highest BCUT2D eigenvalue weighted by Crippen LogP contribution is 2.43. The van der Waals surface area contributed by atoms with Crippen LogP contribution in [0, 0.1) is 6.92 Å². The monoisotopic (exact) mass is 302 g/mol. The molecule has 3 rings (SSSR count). The minimum atomic E-state index is 0.174. The first-order valence-electron chi connectivity index (χ1n) is 6.03. The van der Waals surface area contributed by atoms with E-state index in [1.54, 1.807) is 6.07 Å². The minimum absolute atomic E-state index is 0.174. The zero-order valence-corrected chi connectivity index (χ0v) is 12.2. The molecule has 3 aromatic rings. The van der Waals surface area contributed by atoms with Crippen LogP contribution in [-0.4, -0.2) is 5.11 Å². The molecule has 0 spiro atoms. The minimum Gasteiger partial charge on any atom is -0.504 e. The first-order chi connectivity index (χ1) is 9.65. The Balaban J connectivity index is 1.98. The number of halogens is 1. The van der Waals surface area contributed by atoms with Crippen LogP contribution in [0.1, 0.15) is 5.56 Å². The van der Waals surface area contributed by atoms with Crippen LogP contribution in [0.15, 0.2) is 52.7 Å². The lowest BCUT2D eigenvalue weighted by Crippen LogP contribution is -1.72. The third-order valence-corrected chi connectivity index (χ3v) is 4.41. The molecule has 20 heavy (non-hydrogen) atoms. The number of aryl methyl sites for hydroxylation is 1. The first-order valence-corrected chi connectivity index (χ1v) is 7.23. The number of hydrogen-bond acceptors (Lipinski definition) is 4. The van der Waals surface area contributed by atoms with Crippen molar-refractivity contribution in [2.75, 3.05) is 0 Å². The quantitative estimate of drug-likeness (QED) is 0.581. The summed E-state index contributed by atoms with van der Waals surface area (Å²) in [5.41, 5.74) is 1.66. The molecule has 0 aliphatic carbocycles. The molecular weight excluding hydrogens is 292 g/mol. The topological polar surface area (TPSA) is 45.0 Å².